The Labute approximate surface area is 582 Å². The summed E-state index contributed by atoms with van der Waals surface area (Å²) >= 11 is 12.0. The van der Waals surface area contributed by atoms with Crippen LogP contribution in [0.3, 0.4) is 0 Å². The first kappa shape index (κ1) is 76.9. The number of hydrogen-bond acceptors (Lipinski definition) is 14. The number of Topliss-reactive ketones (excluding diaryl/α,β-unsaturated/α-hetero) is 3. The summed E-state index contributed by atoms with van der Waals surface area (Å²) in [5.74, 6) is 0.236. The van der Waals surface area contributed by atoms with Crippen molar-refractivity contribution in [1.82, 2.24) is 36.2 Å². The van der Waals surface area contributed by atoms with Gasteiger partial charge in [-0.15, -0.1) is 0 Å². The summed E-state index contributed by atoms with van der Waals surface area (Å²) < 4.78 is 0. The molecule has 97 heavy (non-hydrogen) atoms. The Morgan fingerprint density at radius 1 is 0.412 bits per heavy atom. The molecule has 0 bridgehead atoms. The first-order valence-electron chi connectivity index (χ1n) is 33.2. The van der Waals surface area contributed by atoms with Gasteiger partial charge in [0.2, 0.25) is 17.7 Å². The van der Waals surface area contributed by atoms with E-state index in [2.05, 4.69) is 60.5 Å². The summed E-state index contributed by atoms with van der Waals surface area (Å²) in [5, 5.41) is 13.4. The molecule has 0 spiro atoms. The molecule has 8 aromatic rings. The topological polar surface area (TPSA) is 293 Å². The molecule has 8 rings (SSSR count). The molecule has 3 aromatic heterocycles. The Morgan fingerprint density at radius 2 is 0.794 bits per heavy atom. The van der Waals surface area contributed by atoms with Crippen molar-refractivity contribution >= 4 is 75.7 Å². The van der Waals surface area contributed by atoms with Crippen molar-refractivity contribution in [2.24, 2.45) is 17.6 Å². The zero-order valence-electron chi connectivity index (χ0n) is 56.7. The fourth-order valence-corrected chi connectivity index (χ4v) is 11.1. The standard InChI is InChI=1S/C29H34ClN3O2.C28H33ClN4O2.C21H28N4O2/c1-20-24(15-19-28(31)32-20)14-18-27(34)21(2)33-29(35)25(12-8-22-6-4-3-5-7-22)13-9-23-10-16-26(30)17-11-23;1-19(28(35)32-18-23-11-15-27(30)33-20(23)2)16-26(34)25(14-10-21-6-4-3-5-7-21)31-17-22-8-12-24(29)13-9-22;1-14-17(10-13-20(23)24-14)9-12-19(26)15(2)25-21(27)18(22)11-8-16-6-4-3-5-7-16/h3-7,10-11,15-17,19,21,25H,8-9,12-14,18H2,1-2H3,(H2,31,32)(H,33,35);3-9,11-13,15,19,25,31H,10,14,16-18H2,1-2H3,(H2,30,33)(H,32,35);3-7,10,13,15,18H,8-9,11-12,22H2,1-2H3,(H2,23,24)(H,25,27)/t21-,25-;19-,25-;15-,18+/m010/s1. The van der Waals surface area contributed by atoms with Crippen molar-refractivity contribution in [3.63, 3.8) is 0 Å². The maximum absolute atomic E-state index is 13.2. The van der Waals surface area contributed by atoms with Gasteiger partial charge in [-0.05, 0) is 186 Å². The summed E-state index contributed by atoms with van der Waals surface area (Å²) in [6, 6.07) is 54.2. The van der Waals surface area contributed by atoms with E-state index in [1.54, 1.807) is 39.0 Å². The molecule has 0 saturated carbocycles. The largest absolute Gasteiger partial charge is 0.384 e. The van der Waals surface area contributed by atoms with Crippen LogP contribution in [0.4, 0.5) is 17.5 Å². The molecule has 19 heteroatoms. The van der Waals surface area contributed by atoms with Gasteiger partial charge in [0.05, 0.1) is 24.2 Å². The average molecular weight is 1350 g/mol. The van der Waals surface area contributed by atoms with E-state index in [0.29, 0.717) is 85.5 Å². The minimum atomic E-state index is -0.635. The number of carbonyl (C=O) groups excluding carboxylic acids is 6. The minimum absolute atomic E-state index is 0.00841. The van der Waals surface area contributed by atoms with Gasteiger partial charge in [-0.3, -0.25) is 28.8 Å². The Bertz CT molecular complexity index is 3610. The molecule has 0 fully saturated rings. The number of nitrogens with zero attached hydrogens (tertiary/aromatic N) is 3. The third-order valence-electron chi connectivity index (χ3n) is 17.1. The predicted octanol–water partition coefficient (Wildman–Crippen LogP) is 12.1. The van der Waals surface area contributed by atoms with E-state index in [4.69, 9.17) is 46.1 Å². The molecule has 12 N–H and O–H groups in total. The van der Waals surface area contributed by atoms with Gasteiger partial charge in [-0.1, -0.05) is 164 Å². The van der Waals surface area contributed by atoms with E-state index in [1.807, 2.05) is 154 Å². The van der Waals surface area contributed by atoms with Crippen molar-refractivity contribution in [2.45, 2.75) is 162 Å². The van der Waals surface area contributed by atoms with Crippen molar-refractivity contribution in [3.8, 4) is 0 Å². The highest BCUT2D eigenvalue weighted by Gasteiger charge is 2.26. The number of ketones is 3. The second-order valence-corrected chi connectivity index (χ2v) is 25.6. The number of pyridine rings is 3. The number of nitrogens with two attached hydrogens (primary N) is 4. The Morgan fingerprint density at radius 3 is 1.23 bits per heavy atom. The van der Waals surface area contributed by atoms with Gasteiger partial charge in [0.25, 0.3) is 0 Å². The molecule has 5 aromatic carbocycles. The number of carbonyl (C=O) groups is 6. The number of aromatic nitrogens is 3. The van der Waals surface area contributed by atoms with E-state index < -0.39 is 24.0 Å². The summed E-state index contributed by atoms with van der Waals surface area (Å²) in [6.45, 7) is 11.8. The van der Waals surface area contributed by atoms with Crippen LogP contribution in [0, 0.1) is 32.6 Å². The van der Waals surface area contributed by atoms with Crippen molar-refractivity contribution in [3.05, 3.63) is 248 Å². The first-order valence-corrected chi connectivity index (χ1v) is 34.0. The minimum Gasteiger partial charge on any atom is -0.384 e. The molecule has 512 valence electrons. The zero-order valence-corrected chi connectivity index (χ0v) is 58.2. The molecule has 0 saturated heterocycles. The maximum atomic E-state index is 13.2. The number of anilines is 3. The van der Waals surface area contributed by atoms with E-state index in [9.17, 15) is 28.8 Å². The second-order valence-electron chi connectivity index (χ2n) is 24.7. The lowest BCUT2D eigenvalue weighted by molar-refractivity contribution is -0.130. The van der Waals surface area contributed by atoms with Crippen LogP contribution in [-0.2, 0) is 80.4 Å². The lowest BCUT2D eigenvalue weighted by atomic mass is 9.92. The van der Waals surface area contributed by atoms with Crippen LogP contribution < -0.4 is 44.2 Å². The van der Waals surface area contributed by atoms with Gasteiger partial charge in [0, 0.05) is 71.3 Å². The van der Waals surface area contributed by atoms with Crippen LogP contribution in [0.1, 0.15) is 127 Å². The lowest BCUT2D eigenvalue weighted by Crippen LogP contribution is -2.47. The lowest BCUT2D eigenvalue weighted by Gasteiger charge is -2.20. The third-order valence-corrected chi connectivity index (χ3v) is 17.6. The monoisotopic (exact) mass is 1350 g/mol. The fourth-order valence-electron chi connectivity index (χ4n) is 10.9. The van der Waals surface area contributed by atoms with Crippen LogP contribution >= 0.6 is 23.2 Å². The zero-order chi connectivity index (χ0) is 70.2. The second kappa shape index (κ2) is 40.4. The molecule has 6 atom stereocenters. The average Bonchev–Trinajstić information content (AvgIpc) is 1.08. The number of nitrogens with one attached hydrogen (secondary N) is 4. The normalized spacial score (nSPS) is 12.8. The molecule has 0 radical (unpaired) electrons. The van der Waals surface area contributed by atoms with Crippen molar-refractivity contribution < 1.29 is 28.8 Å². The number of aryl methyl sites for hydroxylation is 9. The van der Waals surface area contributed by atoms with Gasteiger partial charge in [0.15, 0.2) is 17.3 Å². The van der Waals surface area contributed by atoms with Crippen LogP contribution in [0.5, 0.6) is 0 Å². The van der Waals surface area contributed by atoms with Crippen LogP contribution in [0.25, 0.3) is 0 Å². The van der Waals surface area contributed by atoms with Gasteiger partial charge >= 0.3 is 0 Å². The van der Waals surface area contributed by atoms with Crippen LogP contribution in [0.15, 0.2) is 176 Å². The maximum Gasteiger partial charge on any atom is 0.237 e. The van der Waals surface area contributed by atoms with E-state index in [1.165, 1.54) is 11.1 Å². The Kier molecular flexibility index (Phi) is 32.0. The smallest absolute Gasteiger partial charge is 0.237 e. The van der Waals surface area contributed by atoms with Gasteiger partial charge in [-0.25, -0.2) is 15.0 Å². The highest BCUT2D eigenvalue weighted by atomic mass is 35.5. The molecular weight excluding hydrogens is 1260 g/mol. The summed E-state index contributed by atoms with van der Waals surface area (Å²) in [7, 11) is 0. The molecule has 17 nitrogen and oxygen atoms in total. The first-order chi connectivity index (χ1) is 46.5. The van der Waals surface area contributed by atoms with Gasteiger partial charge < -0.3 is 44.2 Å². The van der Waals surface area contributed by atoms with Crippen molar-refractivity contribution in [2.75, 3.05) is 17.2 Å². The molecule has 3 heterocycles. The third kappa shape index (κ3) is 27.9. The number of amides is 3. The van der Waals surface area contributed by atoms with Crippen LogP contribution in [0.2, 0.25) is 10.0 Å². The highest BCUT2D eigenvalue weighted by molar-refractivity contribution is 6.30. The molecule has 0 aliphatic heterocycles. The van der Waals surface area contributed by atoms with Gasteiger partial charge in [-0.2, -0.15) is 0 Å². The summed E-state index contributed by atoms with van der Waals surface area (Å²) in [6.07, 6.45) is 7.67. The molecule has 0 aliphatic rings. The molecule has 3 amide bonds. The molecule has 0 unspecified atom stereocenters. The van der Waals surface area contributed by atoms with E-state index in [0.717, 1.165) is 82.6 Å². The number of nitrogen functional groups attached to an aromatic ring is 3. The predicted molar refractivity (Wildman–Crippen MR) is 390 cm³/mol. The molecular formula is C78H95Cl2N11O6. The Balaban J connectivity index is 0.000000232. The summed E-state index contributed by atoms with van der Waals surface area (Å²) in [4.78, 5) is 89.1. The van der Waals surface area contributed by atoms with Crippen LogP contribution in [-0.4, -0.2) is 74.2 Å². The SMILES string of the molecule is Cc1nc(N)ccc1CCC(=O)[C@H](C)NC(=O)[C@@H](CCc1ccccc1)CCc1ccc(Cl)cc1.Cc1nc(N)ccc1CCC(=O)[C@H](C)NC(=O)[C@H](N)CCc1ccccc1.Cc1nc(N)ccc1CNC(=O)[C@H](C)CC(=O)[C@@H](CCc1ccccc1)NCc1ccc(Cl)cc1. The number of rotatable bonds is 33. The number of hydrogen-bond donors (Lipinski definition) is 8. The number of benzene rings is 5. The highest BCUT2D eigenvalue weighted by Crippen LogP contribution is 2.21. The van der Waals surface area contributed by atoms with E-state index >= 15 is 0 Å². The Hall–Kier alpha value is -9.13. The number of halogens is 2. The van der Waals surface area contributed by atoms with E-state index in [-0.39, 0.29) is 53.5 Å². The van der Waals surface area contributed by atoms with Crippen molar-refractivity contribution in [1.29, 1.82) is 0 Å². The van der Waals surface area contributed by atoms with Gasteiger partial charge in [0.1, 0.15) is 17.5 Å². The quantitative estimate of drug-likeness (QED) is 0.0190. The molecule has 0 aliphatic carbocycles. The summed E-state index contributed by atoms with van der Waals surface area (Å²) in [5.41, 5.74) is 34.0. The fraction of sp³-hybridized carbons (Fsp3) is 0.346.